The van der Waals surface area contributed by atoms with E-state index in [1.54, 1.807) is 43.8 Å². The van der Waals surface area contributed by atoms with Crippen LogP contribution in [0.25, 0.3) is 0 Å². The van der Waals surface area contributed by atoms with Gasteiger partial charge in [0, 0.05) is 29.3 Å². The van der Waals surface area contributed by atoms with Gasteiger partial charge in [-0.15, -0.1) is 11.8 Å². The number of amides is 1. The summed E-state index contributed by atoms with van der Waals surface area (Å²) in [7, 11) is -3.64. The number of hydrogen-bond acceptors (Lipinski definition) is 4. The van der Waals surface area contributed by atoms with Gasteiger partial charge in [0.2, 0.25) is 10.0 Å². The van der Waals surface area contributed by atoms with Gasteiger partial charge in [-0.1, -0.05) is 19.9 Å². The summed E-state index contributed by atoms with van der Waals surface area (Å²) in [4.78, 5) is 13.8. The molecule has 0 saturated carbocycles. The molecule has 3 rings (SSSR count). The molecule has 1 atom stereocenters. The molecule has 2 aromatic carbocycles. The lowest BCUT2D eigenvalue weighted by molar-refractivity contribution is 0.0934. The Balaban J connectivity index is 1.85. The summed E-state index contributed by atoms with van der Waals surface area (Å²) in [5.74, 6) is 0.108. The van der Waals surface area contributed by atoms with Crippen LogP contribution in [-0.4, -0.2) is 37.5 Å². The standard InChI is InChI=1S/C20H23FN2O3S2/c1-3-23(4-2)28(25,26)16-7-5-6-14(12-16)20(24)22-18-10-11-27-19-9-8-15(21)13-17(18)19/h5-9,12-13,18H,3-4,10-11H2,1-2H3,(H,22,24). The molecular weight excluding hydrogens is 399 g/mol. The predicted octanol–water partition coefficient (Wildman–Crippen LogP) is 3.82. The van der Waals surface area contributed by atoms with Crippen molar-refractivity contribution in [3.63, 3.8) is 0 Å². The highest BCUT2D eigenvalue weighted by molar-refractivity contribution is 7.99. The molecule has 2 aromatic rings. The Morgan fingerprint density at radius 2 is 1.96 bits per heavy atom. The third-order valence-corrected chi connectivity index (χ3v) is 7.92. The van der Waals surface area contributed by atoms with Crippen LogP contribution in [0.1, 0.15) is 42.2 Å². The van der Waals surface area contributed by atoms with Gasteiger partial charge < -0.3 is 5.32 Å². The molecule has 1 N–H and O–H groups in total. The number of sulfonamides is 1. The number of rotatable bonds is 6. The maximum atomic E-state index is 13.7. The Kier molecular flexibility index (Phi) is 6.42. The second-order valence-corrected chi connectivity index (χ2v) is 9.54. The minimum absolute atomic E-state index is 0.0921. The summed E-state index contributed by atoms with van der Waals surface area (Å²) in [6.45, 7) is 4.26. The van der Waals surface area contributed by atoms with E-state index in [1.165, 1.54) is 28.6 Å². The number of halogens is 1. The summed E-state index contributed by atoms with van der Waals surface area (Å²) >= 11 is 1.64. The van der Waals surface area contributed by atoms with Crippen LogP contribution in [-0.2, 0) is 10.0 Å². The van der Waals surface area contributed by atoms with Crippen molar-refractivity contribution in [2.24, 2.45) is 0 Å². The number of thioether (sulfide) groups is 1. The van der Waals surface area contributed by atoms with Crippen molar-refractivity contribution in [3.8, 4) is 0 Å². The smallest absolute Gasteiger partial charge is 0.251 e. The first kappa shape index (κ1) is 20.8. The lowest BCUT2D eigenvalue weighted by atomic mass is 10.0. The van der Waals surface area contributed by atoms with Gasteiger partial charge in [0.05, 0.1) is 10.9 Å². The topological polar surface area (TPSA) is 66.5 Å². The molecule has 8 heteroatoms. The Hall–Kier alpha value is -1.90. The minimum atomic E-state index is -3.64. The van der Waals surface area contributed by atoms with Crippen molar-refractivity contribution >= 4 is 27.7 Å². The van der Waals surface area contributed by atoms with Gasteiger partial charge in [0.15, 0.2) is 0 Å². The molecule has 0 bridgehead atoms. The molecule has 1 amide bonds. The van der Waals surface area contributed by atoms with E-state index in [9.17, 15) is 17.6 Å². The Bertz CT molecular complexity index is 975. The molecule has 0 aliphatic carbocycles. The number of fused-ring (bicyclic) bond motifs is 1. The van der Waals surface area contributed by atoms with Crippen molar-refractivity contribution in [3.05, 3.63) is 59.4 Å². The first-order chi connectivity index (χ1) is 13.4. The van der Waals surface area contributed by atoms with Gasteiger partial charge in [0.1, 0.15) is 5.82 Å². The summed E-state index contributed by atoms with van der Waals surface area (Å²) in [5.41, 5.74) is 1.03. The maximum absolute atomic E-state index is 13.7. The second-order valence-electron chi connectivity index (χ2n) is 6.46. The van der Waals surface area contributed by atoms with Gasteiger partial charge in [-0.2, -0.15) is 4.31 Å². The predicted molar refractivity (Wildman–Crippen MR) is 108 cm³/mol. The maximum Gasteiger partial charge on any atom is 0.251 e. The molecule has 0 fully saturated rings. The number of hydrogen-bond donors (Lipinski definition) is 1. The van der Waals surface area contributed by atoms with Gasteiger partial charge in [-0.05, 0) is 48.4 Å². The average molecular weight is 423 g/mol. The third-order valence-electron chi connectivity index (χ3n) is 4.76. The van der Waals surface area contributed by atoms with Gasteiger partial charge >= 0.3 is 0 Å². The van der Waals surface area contributed by atoms with Crippen LogP contribution in [0.5, 0.6) is 0 Å². The molecule has 1 heterocycles. The third kappa shape index (κ3) is 4.24. The fraction of sp³-hybridized carbons (Fsp3) is 0.350. The Morgan fingerprint density at radius 3 is 2.68 bits per heavy atom. The highest BCUT2D eigenvalue weighted by Gasteiger charge is 2.25. The van der Waals surface area contributed by atoms with Crippen LogP contribution in [0.2, 0.25) is 0 Å². The molecule has 1 aliphatic heterocycles. The van der Waals surface area contributed by atoms with Crippen LogP contribution in [0.3, 0.4) is 0 Å². The monoisotopic (exact) mass is 422 g/mol. The quantitative estimate of drug-likeness (QED) is 0.769. The zero-order chi connectivity index (χ0) is 20.3. The number of nitrogens with one attached hydrogen (secondary N) is 1. The molecule has 0 saturated heterocycles. The Labute approximate surface area is 169 Å². The fourth-order valence-corrected chi connectivity index (χ4v) is 5.88. The largest absolute Gasteiger partial charge is 0.345 e. The van der Waals surface area contributed by atoms with Crippen molar-refractivity contribution in [2.45, 2.75) is 36.1 Å². The van der Waals surface area contributed by atoms with E-state index < -0.39 is 10.0 Å². The summed E-state index contributed by atoms with van der Waals surface area (Å²) < 4.78 is 40.4. The summed E-state index contributed by atoms with van der Waals surface area (Å²) in [6.07, 6.45) is 0.685. The van der Waals surface area contributed by atoms with Gasteiger partial charge in [0.25, 0.3) is 5.91 Å². The number of carbonyl (C=O) groups is 1. The minimum Gasteiger partial charge on any atom is -0.345 e. The van der Waals surface area contributed by atoms with Crippen molar-refractivity contribution in [1.82, 2.24) is 9.62 Å². The number of nitrogens with zero attached hydrogens (tertiary/aromatic N) is 1. The molecule has 28 heavy (non-hydrogen) atoms. The van der Waals surface area contributed by atoms with Crippen LogP contribution >= 0.6 is 11.8 Å². The lowest BCUT2D eigenvalue weighted by Crippen LogP contribution is -2.32. The zero-order valence-corrected chi connectivity index (χ0v) is 17.4. The van der Waals surface area contributed by atoms with Crippen LogP contribution in [0.15, 0.2) is 52.3 Å². The van der Waals surface area contributed by atoms with Gasteiger partial charge in [-0.3, -0.25) is 4.79 Å². The Morgan fingerprint density at radius 1 is 1.21 bits per heavy atom. The van der Waals surface area contributed by atoms with E-state index in [4.69, 9.17) is 0 Å². The fourth-order valence-electron chi connectivity index (χ4n) is 3.27. The first-order valence-electron chi connectivity index (χ1n) is 9.20. The summed E-state index contributed by atoms with van der Waals surface area (Å²) in [5, 5.41) is 2.93. The van der Waals surface area contributed by atoms with E-state index in [-0.39, 0.29) is 28.2 Å². The summed E-state index contributed by atoms with van der Waals surface area (Å²) in [6, 6.07) is 10.3. The first-order valence-corrected chi connectivity index (χ1v) is 11.6. The number of benzene rings is 2. The van der Waals surface area contributed by atoms with Crippen LogP contribution in [0.4, 0.5) is 4.39 Å². The molecule has 0 radical (unpaired) electrons. The van der Waals surface area contributed by atoms with E-state index in [2.05, 4.69) is 5.32 Å². The van der Waals surface area contributed by atoms with E-state index in [0.717, 1.165) is 16.2 Å². The highest BCUT2D eigenvalue weighted by atomic mass is 32.2. The molecular formula is C20H23FN2O3S2. The van der Waals surface area contributed by atoms with Crippen LogP contribution in [0, 0.1) is 5.82 Å². The normalized spacial score (nSPS) is 16.6. The zero-order valence-electron chi connectivity index (χ0n) is 15.8. The number of carbonyl (C=O) groups excluding carboxylic acids is 1. The molecule has 0 aromatic heterocycles. The SMILES string of the molecule is CCN(CC)S(=O)(=O)c1cccc(C(=O)NC2CCSc3ccc(F)cc32)c1. The lowest BCUT2D eigenvalue weighted by Gasteiger charge is -2.26. The molecule has 1 unspecified atom stereocenters. The average Bonchev–Trinajstić information content (AvgIpc) is 2.69. The van der Waals surface area contributed by atoms with Gasteiger partial charge in [-0.25, -0.2) is 12.8 Å². The molecule has 0 spiro atoms. The van der Waals surface area contributed by atoms with E-state index >= 15 is 0 Å². The van der Waals surface area contributed by atoms with Crippen molar-refractivity contribution < 1.29 is 17.6 Å². The van der Waals surface area contributed by atoms with Crippen LogP contribution < -0.4 is 5.32 Å². The second kappa shape index (κ2) is 8.63. The highest BCUT2D eigenvalue weighted by Crippen LogP contribution is 2.36. The van der Waals surface area contributed by atoms with E-state index in [0.29, 0.717) is 19.5 Å². The van der Waals surface area contributed by atoms with E-state index in [1.807, 2.05) is 0 Å². The van der Waals surface area contributed by atoms with Crippen molar-refractivity contribution in [2.75, 3.05) is 18.8 Å². The molecule has 1 aliphatic rings. The molecule has 5 nitrogen and oxygen atoms in total. The van der Waals surface area contributed by atoms with Crippen molar-refractivity contribution in [1.29, 1.82) is 0 Å². The molecule has 150 valence electrons.